The van der Waals surface area contributed by atoms with E-state index in [-0.39, 0.29) is 0 Å². The van der Waals surface area contributed by atoms with Crippen LogP contribution in [0.2, 0.25) is 0 Å². The first-order chi connectivity index (χ1) is 8.11. The van der Waals surface area contributed by atoms with E-state index < -0.39 is 0 Å². The molecule has 0 aliphatic heterocycles. The molecule has 0 saturated carbocycles. The van der Waals surface area contributed by atoms with Crippen molar-refractivity contribution in [2.45, 2.75) is 20.8 Å². The van der Waals surface area contributed by atoms with Crippen molar-refractivity contribution in [2.24, 2.45) is 0 Å². The first-order valence-corrected chi connectivity index (χ1v) is 5.76. The summed E-state index contributed by atoms with van der Waals surface area (Å²) >= 11 is 0. The maximum absolute atomic E-state index is 5.18. The summed E-state index contributed by atoms with van der Waals surface area (Å²) in [5.41, 5.74) is 4.95. The van der Waals surface area contributed by atoms with Gasteiger partial charge in [-0.15, -0.1) is 0 Å². The number of aromatic nitrogens is 1. The number of methoxy groups -OCH3 is 1. The summed E-state index contributed by atoms with van der Waals surface area (Å²) in [6, 6.07) is 12.5. The molecule has 0 fully saturated rings. The zero-order chi connectivity index (χ0) is 12.4. The van der Waals surface area contributed by atoms with Gasteiger partial charge in [0.25, 0.3) is 0 Å². The highest BCUT2D eigenvalue weighted by Crippen LogP contribution is 2.13. The highest BCUT2D eigenvalue weighted by Gasteiger charge is 2.14. The molecule has 0 atom stereocenters. The number of benzene rings is 1. The molecule has 1 aromatic carbocycles. The van der Waals surface area contributed by atoms with Gasteiger partial charge in [-0.25, -0.2) is 0 Å². The van der Waals surface area contributed by atoms with Crippen molar-refractivity contribution in [3.8, 4) is 11.4 Å². The molecular formula is C15H18NO+. The van der Waals surface area contributed by atoms with Gasteiger partial charge < -0.3 is 4.74 Å². The fourth-order valence-corrected chi connectivity index (χ4v) is 2.25. The highest BCUT2D eigenvalue weighted by atomic mass is 16.5. The van der Waals surface area contributed by atoms with E-state index in [1.165, 1.54) is 22.6 Å². The predicted octanol–water partition coefficient (Wildman–Crippen LogP) is 2.90. The zero-order valence-corrected chi connectivity index (χ0v) is 10.8. The van der Waals surface area contributed by atoms with Crippen LogP contribution in [-0.4, -0.2) is 7.11 Å². The van der Waals surface area contributed by atoms with Crippen LogP contribution >= 0.6 is 0 Å². The number of nitrogens with zero attached hydrogens (tertiary/aromatic N) is 1. The minimum absolute atomic E-state index is 0.886. The maximum atomic E-state index is 5.18. The third-order valence-electron chi connectivity index (χ3n) is 2.91. The van der Waals surface area contributed by atoms with E-state index in [1.54, 1.807) is 7.11 Å². The Bertz CT molecular complexity index is 506. The maximum Gasteiger partial charge on any atom is 0.211 e. The second-order valence-corrected chi connectivity index (χ2v) is 4.35. The number of hydrogen-bond donors (Lipinski definition) is 0. The van der Waals surface area contributed by atoms with Crippen molar-refractivity contribution in [3.63, 3.8) is 0 Å². The lowest BCUT2D eigenvalue weighted by Gasteiger charge is -2.05. The zero-order valence-electron chi connectivity index (χ0n) is 10.8. The van der Waals surface area contributed by atoms with Crippen molar-refractivity contribution < 1.29 is 9.30 Å². The minimum atomic E-state index is 0.886. The van der Waals surface area contributed by atoms with Crippen LogP contribution in [0.4, 0.5) is 0 Å². The van der Waals surface area contributed by atoms with Crippen LogP contribution < -0.4 is 9.30 Å². The summed E-state index contributed by atoms with van der Waals surface area (Å²) in [4.78, 5) is 0. The molecule has 1 heterocycles. The Morgan fingerprint density at radius 2 is 1.41 bits per heavy atom. The van der Waals surface area contributed by atoms with Crippen LogP contribution in [0.5, 0.6) is 5.75 Å². The largest absolute Gasteiger partial charge is 0.497 e. The SMILES string of the molecule is COc1ccc(-[n+]2c(C)cc(C)cc2C)cc1. The fraction of sp³-hybridized carbons (Fsp3) is 0.267. The van der Waals surface area contributed by atoms with Crippen molar-refractivity contribution in [1.82, 2.24) is 0 Å². The summed E-state index contributed by atoms with van der Waals surface area (Å²) in [5, 5.41) is 0. The summed E-state index contributed by atoms with van der Waals surface area (Å²) in [6.45, 7) is 6.38. The standard InChI is InChI=1S/C15H18NO/c1-11-9-12(2)16(13(3)10-11)14-5-7-15(17-4)8-6-14/h5-10H,1-4H3/q+1. The molecular weight excluding hydrogens is 210 g/mol. The van der Waals surface area contributed by atoms with Gasteiger partial charge in [0.15, 0.2) is 11.4 Å². The van der Waals surface area contributed by atoms with Crippen LogP contribution in [0.3, 0.4) is 0 Å². The van der Waals surface area contributed by atoms with Gasteiger partial charge in [0, 0.05) is 38.1 Å². The molecule has 1 aromatic heterocycles. The third kappa shape index (κ3) is 2.31. The monoisotopic (exact) mass is 228 g/mol. The number of aryl methyl sites for hydroxylation is 3. The average molecular weight is 228 g/mol. The molecule has 17 heavy (non-hydrogen) atoms. The highest BCUT2D eigenvalue weighted by molar-refractivity contribution is 5.32. The van der Waals surface area contributed by atoms with Gasteiger partial charge in [0.1, 0.15) is 5.75 Å². The summed E-state index contributed by atoms with van der Waals surface area (Å²) < 4.78 is 7.42. The average Bonchev–Trinajstić information content (AvgIpc) is 2.28. The predicted molar refractivity (Wildman–Crippen MR) is 68.7 cm³/mol. The topological polar surface area (TPSA) is 13.1 Å². The number of pyridine rings is 1. The molecule has 0 aliphatic carbocycles. The molecule has 0 radical (unpaired) electrons. The van der Waals surface area contributed by atoms with Crippen LogP contribution in [0.1, 0.15) is 17.0 Å². The van der Waals surface area contributed by atoms with E-state index in [9.17, 15) is 0 Å². The number of hydrogen-bond acceptors (Lipinski definition) is 1. The Balaban J connectivity index is 2.52. The second-order valence-electron chi connectivity index (χ2n) is 4.35. The molecule has 2 heteroatoms. The molecule has 0 spiro atoms. The van der Waals surface area contributed by atoms with E-state index in [1.807, 2.05) is 12.1 Å². The van der Waals surface area contributed by atoms with Gasteiger partial charge in [0.05, 0.1) is 7.11 Å². The van der Waals surface area contributed by atoms with Crippen LogP contribution in [0.25, 0.3) is 5.69 Å². The summed E-state index contributed by atoms with van der Waals surface area (Å²) in [5.74, 6) is 0.886. The Morgan fingerprint density at radius 1 is 0.882 bits per heavy atom. The summed E-state index contributed by atoms with van der Waals surface area (Å²) in [6.07, 6.45) is 0. The second kappa shape index (κ2) is 4.58. The van der Waals surface area contributed by atoms with Gasteiger partial charge in [-0.2, -0.15) is 4.57 Å². The molecule has 0 unspecified atom stereocenters. The first kappa shape index (κ1) is 11.6. The van der Waals surface area contributed by atoms with E-state index in [2.05, 4.69) is 49.6 Å². The lowest BCUT2D eigenvalue weighted by Crippen LogP contribution is -2.37. The molecule has 0 amide bonds. The summed E-state index contributed by atoms with van der Waals surface area (Å²) in [7, 11) is 1.69. The lowest BCUT2D eigenvalue weighted by atomic mass is 10.2. The first-order valence-electron chi connectivity index (χ1n) is 5.76. The van der Waals surface area contributed by atoms with E-state index >= 15 is 0 Å². The third-order valence-corrected chi connectivity index (χ3v) is 2.91. The fourth-order valence-electron chi connectivity index (χ4n) is 2.25. The Kier molecular flexibility index (Phi) is 3.14. The van der Waals surface area contributed by atoms with Crippen molar-refractivity contribution in [2.75, 3.05) is 7.11 Å². The molecule has 0 saturated heterocycles. The number of ether oxygens (including phenoxy) is 1. The van der Waals surface area contributed by atoms with Crippen molar-refractivity contribution >= 4 is 0 Å². The molecule has 88 valence electrons. The van der Waals surface area contributed by atoms with E-state index in [4.69, 9.17) is 4.74 Å². The van der Waals surface area contributed by atoms with Crippen LogP contribution in [0, 0.1) is 20.8 Å². The van der Waals surface area contributed by atoms with Gasteiger partial charge in [-0.05, 0) is 24.6 Å². The Labute approximate surface area is 102 Å². The molecule has 2 rings (SSSR count). The quantitative estimate of drug-likeness (QED) is 0.720. The molecule has 2 aromatic rings. The van der Waals surface area contributed by atoms with Gasteiger partial charge >= 0.3 is 0 Å². The van der Waals surface area contributed by atoms with Crippen molar-refractivity contribution in [3.05, 3.63) is 53.3 Å². The molecule has 0 aliphatic rings. The van der Waals surface area contributed by atoms with Gasteiger partial charge in [-0.1, -0.05) is 0 Å². The molecule has 0 N–H and O–H groups in total. The van der Waals surface area contributed by atoms with Crippen LogP contribution in [0.15, 0.2) is 36.4 Å². The Morgan fingerprint density at radius 3 is 1.88 bits per heavy atom. The van der Waals surface area contributed by atoms with Crippen molar-refractivity contribution in [1.29, 1.82) is 0 Å². The van der Waals surface area contributed by atoms with Crippen LogP contribution in [-0.2, 0) is 0 Å². The van der Waals surface area contributed by atoms with Gasteiger partial charge in [-0.3, -0.25) is 0 Å². The Hall–Kier alpha value is -1.83. The lowest BCUT2D eigenvalue weighted by molar-refractivity contribution is -0.609. The van der Waals surface area contributed by atoms with Gasteiger partial charge in [0.2, 0.25) is 5.69 Å². The van der Waals surface area contributed by atoms with E-state index in [0.29, 0.717) is 0 Å². The molecule has 2 nitrogen and oxygen atoms in total. The smallest absolute Gasteiger partial charge is 0.211 e. The number of rotatable bonds is 2. The molecule has 0 bridgehead atoms. The minimum Gasteiger partial charge on any atom is -0.497 e. The normalized spacial score (nSPS) is 10.4. The van der Waals surface area contributed by atoms with E-state index in [0.717, 1.165) is 5.75 Å².